The lowest BCUT2D eigenvalue weighted by Gasteiger charge is -2.11. The topological polar surface area (TPSA) is 21.4 Å². The van der Waals surface area contributed by atoms with Gasteiger partial charge in [-0.25, -0.2) is 9.41 Å². The molecule has 0 saturated heterocycles. The number of rotatable bonds is 2. The van der Waals surface area contributed by atoms with Crippen LogP contribution in [0.15, 0.2) is 77.3 Å². The van der Waals surface area contributed by atoms with Crippen LogP contribution < -0.4 is 4.57 Å². The molecule has 0 amide bonds. The average molecular weight is 389 g/mol. The van der Waals surface area contributed by atoms with Crippen LogP contribution in [0.1, 0.15) is 11.1 Å². The summed E-state index contributed by atoms with van der Waals surface area (Å²) in [5.41, 5.74) is 8.82. The zero-order chi connectivity index (χ0) is 20.8. The van der Waals surface area contributed by atoms with Crippen LogP contribution in [0.3, 0.4) is 0 Å². The molecule has 0 unspecified atom stereocenters. The molecule has 0 spiro atoms. The molecule has 5 aromatic rings. The summed E-state index contributed by atoms with van der Waals surface area (Å²) in [4.78, 5) is 3.70. The summed E-state index contributed by atoms with van der Waals surface area (Å²) in [6, 6.07) is 22.8. The minimum atomic E-state index is 0.541. The van der Waals surface area contributed by atoms with Crippen molar-refractivity contribution in [3.8, 4) is 22.4 Å². The second kappa shape index (κ2) is 6.86. The van der Waals surface area contributed by atoms with E-state index in [-0.39, 0.29) is 0 Å². The molecule has 0 aliphatic heterocycles. The van der Waals surface area contributed by atoms with Crippen LogP contribution in [0.5, 0.6) is 0 Å². The van der Waals surface area contributed by atoms with Gasteiger partial charge >= 0.3 is 0 Å². The molecule has 3 aromatic carbocycles. The predicted octanol–water partition coefficient (Wildman–Crippen LogP) is 6.91. The Labute approximate surface area is 175 Å². The third kappa shape index (κ3) is 2.69. The van der Waals surface area contributed by atoms with E-state index in [1.54, 1.807) is 0 Å². The highest BCUT2D eigenvalue weighted by Gasteiger charge is 2.24. The van der Waals surface area contributed by atoms with Crippen molar-refractivity contribution in [1.82, 2.24) is 0 Å². The van der Waals surface area contributed by atoms with E-state index in [9.17, 15) is 0 Å². The smallest absolute Gasteiger partial charge is 0.229 e. The van der Waals surface area contributed by atoms with Gasteiger partial charge in [-0.1, -0.05) is 48.0 Å². The molecular formula is C27H21N2O+. The predicted molar refractivity (Wildman–Crippen MR) is 122 cm³/mol. The van der Waals surface area contributed by atoms with Crippen molar-refractivity contribution in [2.24, 2.45) is 7.05 Å². The van der Waals surface area contributed by atoms with Crippen LogP contribution in [0.2, 0.25) is 0 Å². The van der Waals surface area contributed by atoms with Crippen molar-refractivity contribution >= 4 is 27.6 Å². The molecule has 3 nitrogen and oxygen atoms in total. The minimum Gasteiger partial charge on any atom is -0.466 e. The van der Waals surface area contributed by atoms with Gasteiger partial charge in [-0.2, -0.15) is 0 Å². The van der Waals surface area contributed by atoms with Gasteiger partial charge in [0.2, 0.25) is 11.4 Å². The second-order valence-corrected chi connectivity index (χ2v) is 7.75. The van der Waals surface area contributed by atoms with Crippen LogP contribution in [0.4, 0.5) is 5.69 Å². The first-order chi connectivity index (χ1) is 14.6. The maximum Gasteiger partial charge on any atom is 0.229 e. The number of nitrogens with zero attached hydrogens (tertiary/aromatic N) is 2. The molecule has 5 rings (SSSR count). The molecule has 144 valence electrons. The fraction of sp³-hybridized carbons (Fsp3) is 0.111. The lowest BCUT2D eigenvalue weighted by Crippen LogP contribution is -2.30. The van der Waals surface area contributed by atoms with E-state index in [4.69, 9.17) is 11.0 Å². The third-order valence-corrected chi connectivity index (χ3v) is 5.74. The summed E-state index contributed by atoms with van der Waals surface area (Å²) in [5.74, 6) is 0. The Balaban J connectivity index is 1.98. The number of hydrogen-bond donors (Lipinski definition) is 0. The van der Waals surface area contributed by atoms with Crippen molar-refractivity contribution in [1.29, 1.82) is 0 Å². The Morgan fingerprint density at radius 1 is 0.900 bits per heavy atom. The van der Waals surface area contributed by atoms with Gasteiger partial charge in [-0.15, -0.1) is 0 Å². The van der Waals surface area contributed by atoms with E-state index < -0.39 is 0 Å². The number of fused-ring (bicyclic) bond motifs is 3. The zero-order valence-corrected chi connectivity index (χ0v) is 17.2. The maximum atomic E-state index is 7.60. The van der Waals surface area contributed by atoms with Crippen LogP contribution in [0, 0.1) is 20.4 Å². The molecule has 2 aromatic heterocycles. The fourth-order valence-electron chi connectivity index (χ4n) is 4.24. The molecule has 30 heavy (non-hydrogen) atoms. The number of benzene rings is 3. The van der Waals surface area contributed by atoms with E-state index in [1.807, 2.05) is 37.5 Å². The van der Waals surface area contributed by atoms with Crippen LogP contribution in [-0.2, 0) is 7.05 Å². The van der Waals surface area contributed by atoms with Crippen molar-refractivity contribution in [3.05, 3.63) is 95.5 Å². The third-order valence-electron chi connectivity index (χ3n) is 5.74. The first-order valence-corrected chi connectivity index (χ1v) is 9.97. The van der Waals surface area contributed by atoms with E-state index >= 15 is 0 Å². The van der Waals surface area contributed by atoms with Crippen LogP contribution >= 0.6 is 0 Å². The standard InChI is InChI=1S/C27H21N2O/c1-17-11-13-19(14-12-17)21-16-18(2)24(23-10-5-6-15-29(23)4)27-25(21)20-8-7-9-22(28-3)26(20)30-27/h5-16H,1-2,4H3/q+1. The number of aryl methyl sites for hydroxylation is 3. The first-order valence-electron chi connectivity index (χ1n) is 9.97. The molecule has 0 bridgehead atoms. The average Bonchev–Trinajstić information content (AvgIpc) is 3.14. The van der Waals surface area contributed by atoms with E-state index in [1.165, 1.54) is 5.56 Å². The van der Waals surface area contributed by atoms with Gasteiger partial charge in [0, 0.05) is 22.9 Å². The molecular weight excluding hydrogens is 368 g/mol. The second-order valence-electron chi connectivity index (χ2n) is 7.75. The maximum absolute atomic E-state index is 7.60. The van der Waals surface area contributed by atoms with Crippen molar-refractivity contribution in [3.63, 3.8) is 0 Å². The Bertz CT molecular complexity index is 1470. The monoisotopic (exact) mass is 389 g/mol. The highest BCUT2D eigenvalue weighted by atomic mass is 16.3. The highest BCUT2D eigenvalue weighted by Crippen LogP contribution is 2.44. The molecule has 0 saturated carbocycles. The van der Waals surface area contributed by atoms with Gasteiger partial charge in [-0.05, 0) is 42.7 Å². The van der Waals surface area contributed by atoms with Crippen molar-refractivity contribution < 1.29 is 8.98 Å². The van der Waals surface area contributed by atoms with Gasteiger partial charge in [0.1, 0.15) is 18.2 Å². The van der Waals surface area contributed by atoms with Gasteiger partial charge in [0.15, 0.2) is 6.20 Å². The molecule has 0 fully saturated rings. The van der Waals surface area contributed by atoms with E-state index in [0.29, 0.717) is 11.3 Å². The lowest BCUT2D eigenvalue weighted by molar-refractivity contribution is -0.660. The Morgan fingerprint density at radius 2 is 1.70 bits per heavy atom. The number of hydrogen-bond acceptors (Lipinski definition) is 1. The molecule has 0 N–H and O–H groups in total. The molecule has 0 atom stereocenters. The van der Waals surface area contributed by atoms with Crippen LogP contribution in [-0.4, -0.2) is 0 Å². The van der Waals surface area contributed by atoms with E-state index in [2.05, 4.69) is 65.7 Å². The van der Waals surface area contributed by atoms with E-state index in [0.717, 1.165) is 44.3 Å². The van der Waals surface area contributed by atoms with Crippen molar-refractivity contribution in [2.45, 2.75) is 13.8 Å². The molecule has 2 heterocycles. The summed E-state index contributed by atoms with van der Waals surface area (Å²) < 4.78 is 8.56. The SMILES string of the molecule is [C-]#[N+]c1cccc2c1oc1c(-c3cccc[n+]3C)c(C)cc(-c3ccc(C)cc3)c12. The number of para-hydroxylation sites is 1. The largest absolute Gasteiger partial charge is 0.466 e. The molecule has 0 aliphatic carbocycles. The normalized spacial score (nSPS) is 11.1. The van der Waals surface area contributed by atoms with Gasteiger partial charge < -0.3 is 4.42 Å². The molecule has 0 aliphatic rings. The Hall–Kier alpha value is -3.90. The molecule has 0 radical (unpaired) electrons. The zero-order valence-electron chi connectivity index (χ0n) is 17.2. The van der Waals surface area contributed by atoms with Crippen molar-refractivity contribution in [2.75, 3.05) is 0 Å². The minimum absolute atomic E-state index is 0.541. The number of pyridine rings is 1. The summed E-state index contributed by atoms with van der Waals surface area (Å²) in [7, 11) is 2.04. The van der Waals surface area contributed by atoms with Crippen LogP contribution in [0.25, 0.3) is 49.2 Å². The summed E-state index contributed by atoms with van der Waals surface area (Å²) in [6.07, 6.45) is 2.04. The number of aromatic nitrogens is 1. The summed E-state index contributed by atoms with van der Waals surface area (Å²) in [6.45, 7) is 11.8. The van der Waals surface area contributed by atoms with Gasteiger partial charge in [-0.3, -0.25) is 0 Å². The molecule has 3 heteroatoms. The number of furan rings is 1. The Kier molecular flexibility index (Phi) is 4.15. The summed E-state index contributed by atoms with van der Waals surface area (Å²) in [5, 5.41) is 2.04. The van der Waals surface area contributed by atoms with Gasteiger partial charge in [0.25, 0.3) is 0 Å². The first kappa shape index (κ1) is 18.1. The fourth-order valence-corrected chi connectivity index (χ4v) is 4.24. The lowest BCUT2D eigenvalue weighted by atomic mass is 9.92. The Morgan fingerprint density at radius 3 is 2.43 bits per heavy atom. The summed E-state index contributed by atoms with van der Waals surface area (Å²) >= 11 is 0. The van der Waals surface area contributed by atoms with Gasteiger partial charge in [0.05, 0.1) is 12.1 Å². The quantitative estimate of drug-likeness (QED) is 0.237. The highest BCUT2D eigenvalue weighted by molar-refractivity contribution is 6.18.